The van der Waals surface area contributed by atoms with Crippen LogP contribution in [0.4, 0.5) is 5.69 Å². The van der Waals surface area contributed by atoms with Crippen LogP contribution in [0, 0.1) is 6.92 Å². The number of aryl methyl sites for hydroxylation is 1. The van der Waals surface area contributed by atoms with Crippen molar-refractivity contribution < 1.29 is 9.47 Å². The number of nitrogen functional groups attached to an aromatic ring is 1. The van der Waals surface area contributed by atoms with E-state index in [4.69, 9.17) is 15.2 Å². The third kappa shape index (κ3) is 3.84. The zero-order valence-electron chi connectivity index (χ0n) is 11.5. The Hall–Kier alpha value is -0.780. The number of nitrogens with zero attached hydrogens (tertiary/aromatic N) is 1. The second-order valence-electron chi connectivity index (χ2n) is 4.84. The largest absolute Gasteiger partial charge is 0.488 e. The Labute approximate surface area is 123 Å². The summed E-state index contributed by atoms with van der Waals surface area (Å²) in [5.74, 6) is 0.764. The van der Waals surface area contributed by atoms with Gasteiger partial charge in [-0.25, -0.2) is 0 Å². The molecule has 2 N–H and O–H groups in total. The molecule has 1 atom stereocenters. The van der Waals surface area contributed by atoms with Crippen molar-refractivity contribution in [2.75, 3.05) is 38.6 Å². The SMILES string of the molecule is CCN1CCOC(COc2c(C)cc(Br)cc2N)C1. The van der Waals surface area contributed by atoms with Gasteiger partial charge in [0, 0.05) is 17.6 Å². The van der Waals surface area contributed by atoms with Gasteiger partial charge in [-0.1, -0.05) is 22.9 Å². The molecule has 1 aliphatic heterocycles. The van der Waals surface area contributed by atoms with Crippen molar-refractivity contribution in [2.24, 2.45) is 0 Å². The van der Waals surface area contributed by atoms with E-state index in [1.54, 1.807) is 0 Å². The van der Waals surface area contributed by atoms with Gasteiger partial charge >= 0.3 is 0 Å². The van der Waals surface area contributed by atoms with Crippen molar-refractivity contribution in [2.45, 2.75) is 20.0 Å². The number of anilines is 1. The molecule has 1 fully saturated rings. The van der Waals surface area contributed by atoms with Gasteiger partial charge in [0.15, 0.2) is 0 Å². The fraction of sp³-hybridized carbons (Fsp3) is 0.571. The van der Waals surface area contributed by atoms with Crippen LogP contribution in [0.25, 0.3) is 0 Å². The van der Waals surface area contributed by atoms with Crippen LogP contribution in [0.15, 0.2) is 16.6 Å². The van der Waals surface area contributed by atoms with Crippen molar-refractivity contribution in [1.29, 1.82) is 0 Å². The molecule has 1 aromatic carbocycles. The van der Waals surface area contributed by atoms with Crippen LogP contribution in [0.2, 0.25) is 0 Å². The lowest BCUT2D eigenvalue weighted by atomic mass is 10.2. The minimum atomic E-state index is 0.121. The lowest BCUT2D eigenvalue weighted by Gasteiger charge is -2.32. The first kappa shape index (κ1) is 14.6. The number of hydrogen-bond donors (Lipinski definition) is 1. The molecule has 19 heavy (non-hydrogen) atoms. The summed E-state index contributed by atoms with van der Waals surface area (Å²) in [6, 6.07) is 3.87. The van der Waals surface area contributed by atoms with Crippen molar-refractivity contribution in [1.82, 2.24) is 4.90 Å². The molecule has 0 aromatic heterocycles. The molecular formula is C14H21BrN2O2. The molecule has 1 unspecified atom stereocenters. The number of benzene rings is 1. The van der Waals surface area contributed by atoms with E-state index in [0.717, 1.165) is 42.0 Å². The lowest BCUT2D eigenvalue weighted by molar-refractivity contribution is -0.0463. The van der Waals surface area contributed by atoms with E-state index >= 15 is 0 Å². The predicted octanol–water partition coefficient (Wildman–Crippen LogP) is 2.44. The summed E-state index contributed by atoms with van der Waals surface area (Å²) in [6.07, 6.45) is 0.121. The Morgan fingerprint density at radius 3 is 3.00 bits per heavy atom. The summed E-state index contributed by atoms with van der Waals surface area (Å²) in [6.45, 7) is 8.47. The number of hydrogen-bond acceptors (Lipinski definition) is 4. The van der Waals surface area contributed by atoms with Gasteiger partial charge in [-0.15, -0.1) is 0 Å². The first-order valence-corrected chi connectivity index (χ1v) is 7.41. The van der Waals surface area contributed by atoms with Crippen molar-refractivity contribution >= 4 is 21.6 Å². The predicted molar refractivity (Wildman–Crippen MR) is 80.6 cm³/mol. The molecular weight excluding hydrogens is 308 g/mol. The molecule has 5 heteroatoms. The van der Waals surface area contributed by atoms with Crippen LogP contribution in [-0.4, -0.2) is 43.9 Å². The van der Waals surface area contributed by atoms with Gasteiger partial charge in [0.2, 0.25) is 0 Å². The summed E-state index contributed by atoms with van der Waals surface area (Å²) in [4.78, 5) is 2.37. The normalized spacial score (nSPS) is 20.5. The van der Waals surface area contributed by atoms with E-state index in [1.807, 2.05) is 19.1 Å². The Bertz CT molecular complexity index is 416. The van der Waals surface area contributed by atoms with E-state index in [2.05, 4.69) is 27.8 Å². The molecule has 1 aromatic rings. The van der Waals surface area contributed by atoms with Crippen LogP contribution in [0.5, 0.6) is 5.75 Å². The van der Waals surface area contributed by atoms with Crippen molar-refractivity contribution in [3.63, 3.8) is 0 Å². The average Bonchev–Trinajstić information content (AvgIpc) is 2.37. The van der Waals surface area contributed by atoms with Gasteiger partial charge in [0.25, 0.3) is 0 Å². The van der Waals surface area contributed by atoms with E-state index in [1.165, 1.54) is 0 Å². The number of nitrogens with two attached hydrogens (primary N) is 1. The van der Waals surface area contributed by atoms with Gasteiger partial charge in [-0.3, -0.25) is 4.90 Å². The number of halogens is 1. The molecule has 0 bridgehead atoms. The second-order valence-corrected chi connectivity index (χ2v) is 5.75. The molecule has 0 aliphatic carbocycles. The number of likely N-dealkylation sites (N-methyl/N-ethyl adjacent to an activating group) is 1. The smallest absolute Gasteiger partial charge is 0.145 e. The minimum Gasteiger partial charge on any atom is -0.488 e. The molecule has 0 saturated carbocycles. The minimum absolute atomic E-state index is 0.121. The van der Waals surface area contributed by atoms with Gasteiger partial charge in [0.1, 0.15) is 18.5 Å². The Kier molecular flexibility index (Phi) is 5.07. The van der Waals surface area contributed by atoms with E-state index in [0.29, 0.717) is 12.3 Å². The molecule has 1 saturated heterocycles. The zero-order valence-corrected chi connectivity index (χ0v) is 13.1. The number of morpholine rings is 1. The van der Waals surface area contributed by atoms with Crippen LogP contribution in [0.1, 0.15) is 12.5 Å². The molecule has 1 heterocycles. The lowest BCUT2D eigenvalue weighted by Crippen LogP contribution is -2.44. The Morgan fingerprint density at radius 2 is 2.32 bits per heavy atom. The van der Waals surface area contributed by atoms with E-state index in [9.17, 15) is 0 Å². The monoisotopic (exact) mass is 328 g/mol. The molecule has 0 radical (unpaired) electrons. The first-order valence-electron chi connectivity index (χ1n) is 6.62. The van der Waals surface area contributed by atoms with Crippen molar-refractivity contribution in [3.8, 4) is 5.75 Å². The molecule has 0 amide bonds. The highest BCUT2D eigenvalue weighted by molar-refractivity contribution is 9.10. The van der Waals surface area contributed by atoms with Gasteiger partial charge < -0.3 is 15.2 Å². The highest BCUT2D eigenvalue weighted by Gasteiger charge is 2.20. The van der Waals surface area contributed by atoms with Gasteiger partial charge in [0.05, 0.1) is 12.3 Å². The van der Waals surface area contributed by atoms with Crippen LogP contribution in [0.3, 0.4) is 0 Å². The second kappa shape index (κ2) is 6.59. The Balaban J connectivity index is 1.95. The van der Waals surface area contributed by atoms with E-state index in [-0.39, 0.29) is 6.10 Å². The fourth-order valence-corrected chi connectivity index (χ4v) is 2.89. The number of rotatable bonds is 4. The van der Waals surface area contributed by atoms with Gasteiger partial charge in [-0.2, -0.15) is 0 Å². The summed E-state index contributed by atoms with van der Waals surface area (Å²) in [5.41, 5.74) is 7.68. The van der Waals surface area contributed by atoms with Crippen molar-refractivity contribution in [3.05, 3.63) is 22.2 Å². The fourth-order valence-electron chi connectivity index (χ4n) is 2.30. The van der Waals surface area contributed by atoms with Crippen LogP contribution < -0.4 is 10.5 Å². The summed E-state index contributed by atoms with van der Waals surface area (Å²) in [5, 5.41) is 0. The zero-order chi connectivity index (χ0) is 13.8. The summed E-state index contributed by atoms with van der Waals surface area (Å²) >= 11 is 3.43. The standard InChI is InChI=1S/C14H21BrN2O2/c1-3-17-4-5-18-12(8-17)9-19-14-10(2)6-11(15)7-13(14)16/h6-7,12H,3-5,8-9,16H2,1-2H3. The third-order valence-electron chi connectivity index (χ3n) is 3.35. The van der Waals surface area contributed by atoms with Crippen LogP contribution >= 0.6 is 15.9 Å². The highest BCUT2D eigenvalue weighted by Crippen LogP contribution is 2.30. The molecule has 2 rings (SSSR count). The molecule has 1 aliphatic rings. The average molecular weight is 329 g/mol. The quantitative estimate of drug-likeness (QED) is 0.862. The summed E-state index contributed by atoms with van der Waals surface area (Å²) < 4.78 is 12.5. The molecule has 0 spiro atoms. The third-order valence-corrected chi connectivity index (χ3v) is 3.81. The topological polar surface area (TPSA) is 47.7 Å². The highest BCUT2D eigenvalue weighted by atomic mass is 79.9. The molecule has 106 valence electrons. The summed E-state index contributed by atoms with van der Waals surface area (Å²) in [7, 11) is 0. The van der Waals surface area contributed by atoms with E-state index < -0.39 is 0 Å². The first-order chi connectivity index (χ1) is 9.10. The molecule has 4 nitrogen and oxygen atoms in total. The maximum absolute atomic E-state index is 5.99. The number of ether oxygens (including phenoxy) is 2. The van der Waals surface area contributed by atoms with Crippen LogP contribution in [-0.2, 0) is 4.74 Å². The Morgan fingerprint density at radius 1 is 1.53 bits per heavy atom. The maximum Gasteiger partial charge on any atom is 0.145 e. The maximum atomic E-state index is 5.99. The van der Waals surface area contributed by atoms with Gasteiger partial charge in [-0.05, 0) is 31.2 Å².